The number of aryl methyl sites for hydroxylation is 1. The predicted octanol–water partition coefficient (Wildman–Crippen LogP) is 2.55. The molecule has 0 saturated heterocycles. The van der Waals surface area contributed by atoms with Crippen LogP contribution in [0.4, 0.5) is 0 Å². The molecule has 0 aliphatic rings. The van der Waals surface area contributed by atoms with Gasteiger partial charge in [-0.1, -0.05) is 0 Å². The lowest BCUT2D eigenvalue weighted by molar-refractivity contribution is 0.0670. The average molecular weight is 293 g/mol. The van der Waals surface area contributed by atoms with Gasteiger partial charge in [-0.05, 0) is 32.9 Å². The van der Waals surface area contributed by atoms with Gasteiger partial charge in [0.1, 0.15) is 22.2 Å². The number of hydrogen-bond acceptors (Lipinski definition) is 5. The molecule has 20 heavy (non-hydrogen) atoms. The molecule has 0 aromatic carbocycles. The number of hydrogen-bond donors (Lipinski definition) is 1. The quantitative estimate of drug-likeness (QED) is 0.919. The lowest BCUT2D eigenvalue weighted by Gasteiger charge is -2.25. The summed E-state index contributed by atoms with van der Waals surface area (Å²) in [4.78, 5) is 18.5. The van der Waals surface area contributed by atoms with Gasteiger partial charge in [-0.25, -0.2) is 4.98 Å². The normalized spacial score (nSPS) is 11.1. The second kappa shape index (κ2) is 6.19. The molecule has 1 amide bonds. The Bertz CT molecular complexity index is 589. The van der Waals surface area contributed by atoms with Gasteiger partial charge in [0.15, 0.2) is 0 Å². The van der Waals surface area contributed by atoms with Crippen molar-refractivity contribution in [2.75, 3.05) is 0 Å². The number of aromatic nitrogens is 1. The summed E-state index contributed by atoms with van der Waals surface area (Å²) < 4.78 is 5.54. The largest absolute Gasteiger partial charge is 0.464 e. The molecule has 108 valence electrons. The van der Waals surface area contributed by atoms with Gasteiger partial charge in [0.25, 0.3) is 5.91 Å². The molecule has 6 heteroatoms. The highest BCUT2D eigenvalue weighted by Crippen LogP contribution is 2.17. The van der Waals surface area contributed by atoms with Crippen molar-refractivity contribution < 1.29 is 9.21 Å². The summed E-state index contributed by atoms with van der Waals surface area (Å²) in [5.41, 5.74) is 5.98. The molecule has 0 aliphatic carbocycles. The summed E-state index contributed by atoms with van der Waals surface area (Å²) in [6, 6.07) is 3.86. The maximum Gasteiger partial charge on any atom is 0.273 e. The molecule has 0 atom stereocenters. The van der Waals surface area contributed by atoms with Gasteiger partial charge in [0, 0.05) is 18.0 Å². The number of carbonyl (C=O) groups excluding carboxylic acids is 1. The fourth-order valence-corrected chi connectivity index (χ4v) is 2.53. The van der Waals surface area contributed by atoms with Crippen LogP contribution in [0.15, 0.2) is 21.9 Å². The van der Waals surface area contributed by atoms with Crippen LogP contribution in [0.3, 0.4) is 0 Å². The second-order valence-corrected chi connectivity index (χ2v) is 5.81. The lowest BCUT2D eigenvalue weighted by Crippen LogP contribution is -2.36. The van der Waals surface area contributed by atoms with Crippen LogP contribution in [-0.2, 0) is 13.1 Å². The van der Waals surface area contributed by atoms with Crippen LogP contribution in [0.2, 0.25) is 0 Å². The summed E-state index contributed by atoms with van der Waals surface area (Å²) in [6.45, 7) is 6.64. The van der Waals surface area contributed by atoms with E-state index in [4.69, 9.17) is 10.2 Å². The monoisotopic (exact) mass is 293 g/mol. The van der Waals surface area contributed by atoms with Crippen molar-refractivity contribution in [2.45, 2.75) is 39.9 Å². The molecule has 2 N–H and O–H groups in total. The lowest BCUT2D eigenvalue weighted by atomic mass is 10.2. The van der Waals surface area contributed by atoms with Crippen molar-refractivity contribution in [3.63, 3.8) is 0 Å². The molecular formula is C14H19N3O2S. The third-order valence-electron chi connectivity index (χ3n) is 2.95. The van der Waals surface area contributed by atoms with E-state index in [2.05, 4.69) is 4.98 Å². The zero-order valence-corrected chi connectivity index (χ0v) is 12.7. The summed E-state index contributed by atoms with van der Waals surface area (Å²) in [5, 5.41) is 2.53. The van der Waals surface area contributed by atoms with E-state index < -0.39 is 0 Å². The molecule has 0 bridgehead atoms. The summed E-state index contributed by atoms with van der Waals surface area (Å²) in [5.74, 6) is 1.53. The van der Waals surface area contributed by atoms with Crippen molar-refractivity contribution in [3.05, 3.63) is 39.7 Å². The van der Waals surface area contributed by atoms with E-state index >= 15 is 0 Å². The Morgan fingerprint density at radius 3 is 2.75 bits per heavy atom. The number of carbonyl (C=O) groups is 1. The topological polar surface area (TPSA) is 72.4 Å². The SMILES string of the molecule is Cc1ccc(CN(C(=O)c2csc(CN)n2)C(C)C)o1. The van der Waals surface area contributed by atoms with E-state index in [0.717, 1.165) is 16.5 Å². The van der Waals surface area contributed by atoms with Crippen LogP contribution in [-0.4, -0.2) is 21.8 Å². The molecule has 2 heterocycles. The first-order chi connectivity index (χ1) is 9.51. The highest BCUT2D eigenvalue weighted by atomic mass is 32.1. The van der Waals surface area contributed by atoms with Crippen LogP contribution in [0.5, 0.6) is 0 Å². The standard InChI is InChI=1S/C14H19N3O2S/c1-9(2)17(7-11-5-4-10(3)19-11)14(18)12-8-20-13(6-15)16-12/h4-5,8-9H,6-7,15H2,1-3H3. The van der Waals surface area contributed by atoms with Crippen LogP contribution < -0.4 is 5.73 Å². The van der Waals surface area contributed by atoms with Crippen molar-refractivity contribution in [1.29, 1.82) is 0 Å². The maximum absolute atomic E-state index is 12.5. The molecule has 0 fully saturated rings. The fourth-order valence-electron chi connectivity index (χ4n) is 1.88. The average Bonchev–Trinajstić information content (AvgIpc) is 3.03. The summed E-state index contributed by atoms with van der Waals surface area (Å²) >= 11 is 1.41. The van der Waals surface area contributed by atoms with Crippen molar-refractivity contribution >= 4 is 17.2 Å². The first-order valence-electron chi connectivity index (χ1n) is 6.52. The van der Waals surface area contributed by atoms with E-state index in [1.54, 1.807) is 10.3 Å². The number of amides is 1. The third kappa shape index (κ3) is 3.26. The first-order valence-corrected chi connectivity index (χ1v) is 7.40. The molecule has 2 aromatic heterocycles. The minimum absolute atomic E-state index is 0.0657. The molecule has 2 rings (SSSR count). The van der Waals surface area contributed by atoms with Crippen molar-refractivity contribution in [1.82, 2.24) is 9.88 Å². The van der Waals surface area contributed by atoms with Gasteiger partial charge in [0.2, 0.25) is 0 Å². The summed E-state index contributed by atoms with van der Waals surface area (Å²) in [6.07, 6.45) is 0. The van der Waals surface area contributed by atoms with Gasteiger partial charge >= 0.3 is 0 Å². The minimum atomic E-state index is -0.0926. The van der Waals surface area contributed by atoms with Gasteiger partial charge in [-0.3, -0.25) is 4.79 Å². The minimum Gasteiger partial charge on any atom is -0.464 e. The highest BCUT2D eigenvalue weighted by Gasteiger charge is 2.22. The molecule has 0 spiro atoms. The Kier molecular flexibility index (Phi) is 4.57. The molecule has 0 radical (unpaired) electrons. The van der Waals surface area contributed by atoms with Crippen molar-refractivity contribution in [2.24, 2.45) is 5.73 Å². The van der Waals surface area contributed by atoms with Crippen LogP contribution in [0, 0.1) is 6.92 Å². The van der Waals surface area contributed by atoms with Crippen molar-refractivity contribution in [3.8, 4) is 0 Å². The fraction of sp³-hybridized carbons (Fsp3) is 0.429. The Hall–Kier alpha value is -1.66. The van der Waals surface area contributed by atoms with E-state index in [9.17, 15) is 4.79 Å². The Labute approximate surface area is 122 Å². The molecule has 0 aliphatic heterocycles. The number of nitrogens with zero attached hydrogens (tertiary/aromatic N) is 2. The van der Waals surface area contributed by atoms with Gasteiger partial charge in [0.05, 0.1) is 6.54 Å². The van der Waals surface area contributed by atoms with Gasteiger partial charge in [-0.2, -0.15) is 0 Å². The van der Waals surface area contributed by atoms with E-state index in [1.165, 1.54) is 11.3 Å². The van der Waals surface area contributed by atoms with Gasteiger partial charge < -0.3 is 15.1 Å². The molecular weight excluding hydrogens is 274 g/mol. The Morgan fingerprint density at radius 1 is 1.50 bits per heavy atom. The second-order valence-electron chi connectivity index (χ2n) is 4.87. The Morgan fingerprint density at radius 2 is 2.25 bits per heavy atom. The molecule has 0 saturated carbocycles. The van der Waals surface area contributed by atoms with E-state index in [1.807, 2.05) is 32.9 Å². The number of thiazole rings is 1. The smallest absolute Gasteiger partial charge is 0.273 e. The van der Waals surface area contributed by atoms with Crippen LogP contribution in [0.25, 0.3) is 0 Å². The zero-order chi connectivity index (χ0) is 14.7. The molecule has 5 nitrogen and oxygen atoms in total. The number of furan rings is 1. The van der Waals surface area contributed by atoms with Crippen LogP contribution >= 0.6 is 11.3 Å². The summed E-state index contributed by atoms with van der Waals surface area (Å²) in [7, 11) is 0. The van der Waals surface area contributed by atoms with E-state index in [0.29, 0.717) is 18.8 Å². The Balaban J connectivity index is 2.17. The maximum atomic E-state index is 12.5. The highest BCUT2D eigenvalue weighted by molar-refractivity contribution is 7.09. The zero-order valence-electron chi connectivity index (χ0n) is 11.9. The third-order valence-corrected chi connectivity index (χ3v) is 3.82. The predicted molar refractivity (Wildman–Crippen MR) is 78.5 cm³/mol. The molecule has 0 unspecified atom stereocenters. The van der Waals surface area contributed by atoms with Gasteiger partial charge in [-0.15, -0.1) is 11.3 Å². The number of nitrogens with two attached hydrogens (primary N) is 1. The molecule has 2 aromatic rings. The number of rotatable bonds is 5. The van der Waals surface area contributed by atoms with Crippen LogP contribution in [0.1, 0.15) is 40.9 Å². The first kappa shape index (κ1) is 14.7. The van der Waals surface area contributed by atoms with E-state index in [-0.39, 0.29) is 11.9 Å².